The van der Waals surface area contributed by atoms with Crippen molar-refractivity contribution in [3.63, 3.8) is 0 Å². The van der Waals surface area contributed by atoms with Crippen molar-refractivity contribution < 1.29 is 5.11 Å². The van der Waals surface area contributed by atoms with Crippen LogP contribution in [0.5, 0.6) is 0 Å². The van der Waals surface area contributed by atoms with E-state index in [1.165, 1.54) is 0 Å². The minimum Gasteiger partial charge on any atom is -0.388 e. The first-order valence-electron chi connectivity index (χ1n) is 4.66. The normalized spacial score (nSPS) is 12.6. The van der Waals surface area contributed by atoms with Gasteiger partial charge in [-0.2, -0.15) is 0 Å². The summed E-state index contributed by atoms with van der Waals surface area (Å²) < 4.78 is 0. The molecule has 1 aromatic heterocycles. The van der Waals surface area contributed by atoms with E-state index in [1.54, 1.807) is 6.20 Å². The van der Waals surface area contributed by atoms with Crippen LogP contribution in [0.1, 0.15) is 18.1 Å². The maximum atomic E-state index is 9.62. The predicted molar refractivity (Wildman–Crippen MR) is 57.2 cm³/mol. The number of nitrogens with zero attached hydrogens (tertiary/aromatic N) is 2. The topological polar surface area (TPSA) is 62.4 Å². The lowest BCUT2D eigenvalue weighted by atomic mass is 10.1. The molecule has 0 amide bonds. The number of hydrogen-bond donors (Lipinski definition) is 2. The lowest BCUT2D eigenvalue weighted by Crippen LogP contribution is -2.11. The highest BCUT2D eigenvalue weighted by Gasteiger charge is 2.06. The summed E-state index contributed by atoms with van der Waals surface area (Å²) in [5.74, 6) is 0.883. The van der Waals surface area contributed by atoms with Gasteiger partial charge in [0.1, 0.15) is 5.82 Å². The maximum Gasteiger partial charge on any atom is 0.127 e. The van der Waals surface area contributed by atoms with Crippen molar-refractivity contribution in [3.8, 4) is 0 Å². The number of aromatic nitrogens is 1. The summed E-state index contributed by atoms with van der Waals surface area (Å²) in [6.07, 6.45) is 1.77. The fourth-order valence-corrected chi connectivity index (χ4v) is 1.18. The van der Waals surface area contributed by atoms with Gasteiger partial charge >= 0.3 is 0 Å². The minimum atomic E-state index is -0.497. The van der Waals surface area contributed by atoms with Crippen molar-refractivity contribution in [1.82, 2.24) is 4.98 Å². The fourth-order valence-electron chi connectivity index (χ4n) is 1.18. The van der Waals surface area contributed by atoms with Gasteiger partial charge in [-0.15, -0.1) is 0 Å². The zero-order valence-electron chi connectivity index (χ0n) is 8.64. The predicted octanol–water partition coefficient (Wildman–Crippen LogP) is 0.530. The lowest BCUT2D eigenvalue weighted by molar-refractivity contribution is 0.170. The number of aliphatic hydroxyl groups excluding tert-OH is 1. The first-order chi connectivity index (χ1) is 6.65. The van der Waals surface area contributed by atoms with Crippen LogP contribution < -0.4 is 10.6 Å². The number of anilines is 1. The second kappa shape index (κ2) is 4.93. The highest BCUT2D eigenvalue weighted by Crippen LogP contribution is 2.16. The van der Waals surface area contributed by atoms with Crippen LogP contribution >= 0.6 is 0 Å². The van der Waals surface area contributed by atoms with Crippen LogP contribution in [-0.4, -0.2) is 30.7 Å². The van der Waals surface area contributed by atoms with Gasteiger partial charge in [0.2, 0.25) is 0 Å². The Bertz CT molecular complexity index is 271. The summed E-state index contributed by atoms with van der Waals surface area (Å²) in [5, 5.41) is 9.62. The van der Waals surface area contributed by atoms with Crippen LogP contribution in [0.2, 0.25) is 0 Å². The molecular formula is C10H17N3O. The molecule has 0 unspecified atom stereocenters. The molecule has 0 aliphatic heterocycles. The molecule has 78 valence electrons. The van der Waals surface area contributed by atoms with E-state index in [2.05, 4.69) is 4.98 Å². The minimum absolute atomic E-state index is 0.483. The number of rotatable bonds is 4. The van der Waals surface area contributed by atoms with E-state index >= 15 is 0 Å². The van der Waals surface area contributed by atoms with Crippen LogP contribution in [0.3, 0.4) is 0 Å². The molecule has 14 heavy (non-hydrogen) atoms. The highest BCUT2D eigenvalue weighted by atomic mass is 16.3. The molecule has 0 aromatic carbocycles. The van der Waals surface area contributed by atoms with Crippen molar-refractivity contribution in [1.29, 1.82) is 0 Å². The van der Waals surface area contributed by atoms with Gasteiger partial charge < -0.3 is 15.7 Å². The van der Waals surface area contributed by atoms with Crippen molar-refractivity contribution in [3.05, 3.63) is 23.9 Å². The average Bonchev–Trinajstić information content (AvgIpc) is 2.18. The Morgan fingerprint density at radius 3 is 2.64 bits per heavy atom. The Morgan fingerprint density at radius 2 is 2.21 bits per heavy atom. The number of aliphatic hydroxyl groups is 1. The molecule has 3 N–H and O–H groups in total. The molecule has 1 aromatic rings. The summed E-state index contributed by atoms with van der Waals surface area (Å²) >= 11 is 0. The third-order valence-corrected chi connectivity index (χ3v) is 2.05. The summed E-state index contributed by atoms with van der Waals surface area (Å²) in [4.78, 5) is 6.12. The van der Waals surface area contributed by atoms with Crippen molar-refractivity contribution in [2.24, 2.45) is 5.73 Å². The van der Waals surface area contributed by atoms with Gasteiger partial charge in [0.05, 0.1) is 6.10 Å². The molecule has 4 nitrogen and oxygen atoms in total. The molecule has 0 saturated carbocycles. The van der Waals surface area contributed by atoms with E-state index in [0.29, 0.717) is 13.0 Å². The molecule has 0 aliphatic carbocycles. The van der Waals surface area contributed by atoms with Crippen LogP contribution in [0.15, 0.2) is 18.3 Å². The Kier molecular flexibility index (Phi) is 3.85. The number of nitrogens with two attached hydrogens (primary N) is 1. The summed E-state index contributed by atoms with van der Waals surface area (Å²) in [7, 11) is 3.86. The van der Waals surface area contributed by atoms with E-state index in [4.69, 9.17) is 5.73 Å². The van der Waals surface area contributed by atoms with Gasteiger partial charge in [-0.25, -0.2) is 4.98 Å². The molecule has 0 bridgehead atoms. The van der Waals surface area contributed by atoms with Gasteiger partial charge in [0.15, 0.2) is 0 Å². The van der Waals surface area contributed by atoms with Gasteiger partial charge in [-0.05, 0) is 24.6 Å². The van der Waals surface area contributed by atoms with Crippen LogP contribution in [0, 0.1) is 0 Å². The molecule has 0 radical (unpaired) electrons. The maximum absolute atomic E-state index is 9.62. The first-order valence-corrected chi connectivity index (χ1v) is 4.66. The SMILES string of the molecule is CN(C)c1ccc([C@@H](O)CCN)cn1. The van der Waals surface area contributed by atoms with Gasteiger partial charge in [-0.3, -0.25) is 0 Å². The van der Waals surface area contributed by atoms with Gasteiger partial charge in [0, 0.05) is 20.3 Å². The Hall–Kier alpha value is -1.13. The molecule has 1 heterocycles. The van der Waals surface area contributed by atoms with Gasteiger partial charge in [-0.1, -0.05) is 6.07 Å². The summed E-state index contributed by atoms with van der Waals surface area (Å²) in [6, 6.07) is 3.76. The molecule has 0 saturated heterocycles. The molecule has 0 fully saturated rings. The molecule has 0 aliphatic rings. The Morgan fingerprint density at radius 1 is 1.50 bits per heavy atom. The molecular weight excluding hydrogens is 178 g/mol. The molecule has 1 rings (SSSR count). The van der Waals surface area contributed by atoms with E-state index in [9.17, 15) is 5.11 Å². The van der Waals surface area contributed by atoms with Crippen LogP contribution in [0.25, 0.3) is 0 Å². The van der Waals surface area contributed by atoms with E-state index in [1.807, 2.05) is 31.1 Å². The quantitative estimate of drug-likeness (QED) is 0.735. The molecule has 0 spiro atoms. The summed E-state index contributed by atoms with van der Waals surface area (Å²) in [6.45, 7) is 0.483. The standard InChI is InChI=1S/C10H17N3O/c1-13(2)10-4-3-8(7-12-10)9(14)5-6-11/h3-4,7,9,14H,5-6,11H2,1-2H3/t9-/m0/s1. The monoisotopic (exact) mass is 195 g/mol. The first kappa shape index (κ1) is 10.9. The van der Waals surface area contributed by atoms with Crippen LogP contribution in [0.4, 0.5) is 5.82 Å². The average molecular weight is 195 g/mol. The number of pyridine rings is 1. The number of hydrogen-bond acceptors (Lipinski definition) is 4. The fraction of sp³-hybridized carbons (Fsp3) is 0.500. The van der Waals surface area contributed by atoms with E-state index in [-0.39, 0.29) is 0 Å². The zero-order chi connectivity index (χ0) is 10.6. The molecule has 4 heteroatoms. The Labute approximate surface area is 84.4 Å². The smallest absolute Gasteiger partial charge is 0.127 e. The summed E-state index contributed by atoms with van der Waals surface area (Å²) in [5.41, 5.74) is 6.18. The van der Waals surface area contributed by atoms with Gasteiger partial charge in [0.25, 0.3) is 0 Å². The second-order valence-electron chi connectivity index (χ2n) is 3.44. The zero-order valence-corrected chi connectivity index (χ0v) is 8.64. The lowest BCUT2D eigenvalue weighted by Gasteiger charge is -2.13. The van der Waals surface area contributed by atoms with E-state index < -0.39 is 6.10 Å². The molecule has 1 atom stereocenters. The van der Waals surface area contributed by atoms with Crippen molar-refractivity contribution >= 4 is 5.82 Å². The highest BCUT2D eigenvalue weighted by molar-refractivity contribution is 5.37. The van der Waals surface area contributed by atoms with Crippen LogP contribution in [-0.2, 0) is 0 Å². The second-order valence-corrected chi connectivity index (χ2v) is 3.44. The van der Waals surface area contributed by atoms with Crippen molar-refractivity contribution in [2.75, 3.05) is 25.5 Å². The van der Waals surface area contributed by atoms with Crippen molar-refractivity contribution in [2.45, 2.75) is 12.5 Å². The third-order valence-electron chi connectivity index (χ3n) is 2.05. The van der Waals surface area contributed by atoms with E-state index in [0.717, 1.165) is 11.4 Å². The largest absolute Gasteiger partial charge is 0.388 e. The Balaban J connectivity index is 2.72. The third kappa shape index (κ3) is 2.68.